The molecule has 0 aliphatic heterocycles. The van der Waals surface area contributed by atoms with Crippen molar-refractivity contribution in [3.8, 4) is 0 Å². The molecule has 10 nitrogen and oxygen atoms in total. The van der Waals surface area contributed by atoms with Gasteiger partial charge in [0.25, 0.3) is 0 Å². The fourth-order valence-corrected chi connectivity index (χ4v) is 2.73. The van der Waals surface area contributed by atoms with Crippen LogP contribution in [0.4, 0.5) is 11.5 Å². The lowest BCUT2D eigenvalue weighted by Crippen LogP contribution is -2.29. The quantitative estimate of drug-likeness (QED) is 0.209. The Morgan fingerprint density at radius 3 is 2.27 bits per heavy atom. The Balaban J connectivity index is 2.41. The fraction of sp³-hybridized carbons (Fsp3) is 0.400. The Morgan fingerprint density at radius 1 is 1.07 bits per heavy atom. The molecule has 0 atom stereocenters. The van der Waals surface area contributed by atoms with Gasteiger partial charge in [-0.25, -0.2) is 19.6 Å². The van der Waals surface area contributed by atoms with Gasteiger partial charge in [0.1, 0.15) is 12.1 Å². The molecule has 0 amide bonds. The molecule has 0 aliphatic rings. The second-order valence-electron chi connectivity index (χ2n) is 6.00. The van der Waals surface area contributed by atoms with Crippen LogP contribution in [0.15, 0.2) is 36.3 Å². The van der Waals surface area contributed by atoms with Crippen LogP contribution < -0.4 is 10.2 Å². The Kier molecular flexibility index (Phi) is 8.98. The molecular formula is C20H26N4O6. The molecule has 162 valence electrons. The van der Waals surface area contributed by atoms with Gasteiger partial charge in [0.15, 0.2) is 5.57 Å². The molecule has 1 aromatic heterocycles. The van der Waals surface area contributed by atoms with Crippen LogP contribution in [0.3, 0.4) is 0 Å². The van der Waals surface area contributed by atoms with Crippen molar-refractivity contribution in [2.75, 3.05) is 49.7 Å². The summed E-state index contributed by atoms with van der Waals surface area (Å²) in [5.41, 5.74) is 1.10. The first-order valence-electron chi connectivity index (χ1n) is 9.58. The van der Waals surface area contributed by atoms with Gasteiger partial charge in [-0.1, -0.05) is 0 Å². The zero-order valence-corrected chi connectivity index (χ0v) is 17.0. The highest BCUT2D eigenvalue weighted by molar-refractivity contribution is 6.14. The summed E-state index contributed by atoms with van der Waals surface area (Å²) >= 11 is 0. The van der Waals surface area contributed by atoms with Crippen LogP contribution in [-0.2, 0) is 19.1 Å². The first-order valence-corrected chi connectivity index (χ1v) is 9.58. The van der Waals surface area contributed by atoms with E-state index in [0.717, 1.165) is 5.69 Å². The lowest BCUT2D eigenvalue weighted by molar-refractivity contribution is -0.146. The fourth-order valence-electron chi connectivity index (χ4n) is 2.73. The first-order chi connectivity index (χ1) is 14.5. The minimum absolute atomic E-state index is 0.0698. The molecule has 0 saturated heterocycles. The number of aliphatic hydroxyl groups is 2. The summed E-state index contributed by atoms with van der Waals surface area (Å²) in [6.45, 7) is 4.05. The third-order valence-electron chi connectivity index (χ3n) is 4.07. The number of nitrogens with one attached hydrogen (secondary N) is 1. The van der Waals surface area contributed by atoms with Crippen LogP contribution in [0.1, 0.15) is 13.8 Å². The van der Waals surface area contributed by atoms with Gasteiger partial charge >= 0.3 is 11.9 Å². The number of carbonyl (C=O) groups excluding carboxylic acids is 2. The standard InChI is InChI=1S/C20H26N4O6/c1-3-29-19(27)16(20(28)30-4-2)12-21-18-15-11-14(24(7-9-25)8-10-26)5-6-17(15)22-13-23-18/h5-6,11-13,25-26H,3-4,7-10H2,1-2H3,(H,21,22,23). The number of aliphatic hydroxyl groups excluding tert-OH is 2. The second-order valence-corrected chi connectivity index (χ2v) is 6.00. The molecule has 1 aromatic carbocycles. The van der Waals surface area contributed by atoms with Gasteiger partial charge in [-0.2, -0.15) is 0 Å². The van der Waals surface area contributed by atoms with E-state index in [1.54, 1.807) is 26.0 Å². The maximum absolute atomic E-state index is 12.1. The van der Waals surface area contributed by atoms with Crippen LogP contribution >= 0.6 is 0 Å². The Labute approximate surface area is 174 Å². The molecule has 0 unspecified atom stereocenters. The van der Waals surface area contributed by atoms with Crippen molar-refractivity contribution in [2.45, 2.75) is 13.8 Å². The van der Waals surface area contributed by atoms with E-state index in [1.807, 2.05) is 11.0 Å². The largest absolute Gasteiger partial charge is 0.462 e. The smallest absolute Gasteiger partial charge is 0.347 e. The van der Waals surface area contributed by atoms with E-state index < -0.39 is 11.9 Å². The number of fused-ring (bicyclic) bond motifs is 1. The van der Waals surface area contributed by atoms with Crippen LogP contribution in [0, 0.1) is 0 Å². The summed E-state index contributed by atoms with van der Waals surface area (Å²) in [5, 5.41) is 22.0. The highest BCUT2D eigenvalue weighted by Crippen LogP contribution is 2.25. The lowest BCUT2D eigenvalue weighted by Gasteiger charge is -2.23. The highest BCUT2D eigenvalue weighted by atomic mass is 16.6. The Hall–Kier alpha value is -3.24. The predicted octanol–water partition coefficient (Wildman–Crippen LogP) is 0.843. The van der Waals surface area contributed by atoms with E-state index in [0.29, 0.717) is 29.8 Å². The van der Waals surface area contributed by atoms with Crippen LogP contribution in [0.25, 0.3) is 10.9 Å². The summed E-state index contributed by atoms with van der Waals surface area (Å²) in [5.74, 6) is -1.25. The third kappa shape index (κ3) is 5.88. The number of nitrogens with zero attached hydrogens (tertiary/aromatic N) is 3. The first kappa shape index (κ1) is 23.0. The third-order valence-corrected chi connectivity index (χ3v) is 4.07. The molecule has 30 heavy (non-hydrogen) atoms. The summed E-state index contributed by atoms with van der Waals surface area (Å²) in [4.78, 5) is 34.5. The maximum Gasteiger partial charge on any atom is 0.347 e. The molecule has 2 aromatic rings. The molecule has 3 N–H and O–H groups in total. The summed E-state index contributed by atoms with van der Waals surface area (Å²) < 4.78 is 9.83. The Morgan fingerprint density at radius 2 is 1.70 bits per heavy atom. The number of hydrogen-bond acceptors (Lipinski definition) is 10. The summed E-state index contributed by atoms with van der Waals surface area (Å²) in [6, 6.07) is 5.40. The summed E-state index contributed by atoms with van der Waals surface area (Å²) in [7, 11) is 0. The molecule has 0 radical (unpaired) electrons. The SMILES string of the molecule is CCOC(=O)C(=CNc1ncnc2ccc(N(CCO)CCO)cc12)C(=O)OCC. The molecule has 2 rings (SSSR count). The van der Waals surface area contributed by atoms with E-state index in [2.05, 4.69) is 15.3 Å². The van der Waals surface area contributed by atoms with Gasteiger partial charge in [0.05, 0.1) is 31.9 Å². The van der Waals surface area contributed by atoms with E-state index in [9.17, 15) is 19.8 Å². The van der Waals surface area contributed by atoms with E-state index >= 15 is 0 Å². The predicted molar refractivity (Wildman–Crippen MR) is 111 cm³/mol. The minimum atomic E-state index is -0.806. The van der Waals surface area contributed by atoms with E-state index in [1.165, 1.54) is 12.5 Å². The number of benzene rings is 1. The zero-order valence-electron chi connectivity index (χ0n) is 17.0. The number of carbonyl (C=O) groups is 2. The van der Waals surface area contributed by atoms with Crippen molar-refractivity contribution in [1.29, 1.82) is 0 Å². The monoisotopic (exact) mass is 418 g/mol. The van der Waals surface area contributed by atoms with Crippen molar-refractivity contribution in [3.63, 3.8) is 0 Å². The van der Waals surface area contributed by atoms with Crippen LogP contribution in [-0.4, -0.2) is 71.6 Å². The molecule has 0 bridgehead atoms. The zero-order chi connectivity index (χ0) is 21.9. The number of anilines is 2. The number of ether oxygens (including phenoxy) is 2. The minimum Gasteiger partial charge on any atom is -0.462 e. The topological polar surface area (TPSA) is 134 Å². The van der Waals surface area contributed by atoms with Crippen molar-refractivity contribution < 1.29 is 29.3 Å². The Bertz CT molecular complexity index is 876. The van der Waals surface area contributed by atoms with E-state index in [-0.39, 0.29) is 32.0 Å². The van der Waals surface area contributed by atoms with Crippen molar-refractivity contribution in [1.82, 2.24) is 9.97 Å². The van der Waals surface area contributed by atoms with Gasteiger partial charge < -0.3 is 29.9 Å². The molecule has 0 saturated carbocycles. The van der Waals surface area contributed by atoms with Crippen molar-refractivity contribution >= 4 is 34.3 Å². The number of aromatic nitrogens is 2. The second kappa shape index (κ2) is 11.7. The van der Waals surface area contributed by atoms with Gasteiger partial charge in [0, 0.05) is 30.4 Å². The molecule has 0 fully saturated rings. The van der Waals surface area contributed by atoms with Gasteiger partial charge in [-0.3, -0.25) is 0 Å². The van der Waals surface area contributed by atoms with Crippen LogP contribution in [0.5, 0.6) is 0 Å². The summed E-state index contributed by atoms with van der Waals surface area (Å²) in [6.07, 6.45) is 2.55. The molecule has 1 heterocycles. The maximum atomic E-state index is 12.1. The molecular weight excluding hydrogens is 392 g/mol. The average Bonchev–Trinajstić information content (AvgIpc) is 2.74. The van der Waals surface area contributed by atoms with Crippen molar-refractivity contribution in [3.05, 3.63) is 36.3 Å². The molecule has 0 spiro atoms. The number of esters is 2. The molecule has 10 heteroatoms. The van der Waals surface area contributed by atoms with Gasteiger partial charge in [0.2, 0.25) is 0 Å². The lowest BCUT2D eigenvalue weighted by atomic mass is 10.2. The number of hydrogen-bond donors (Lipinski definition) is 3. The highest BCUT2D eigenvalue weighted by Gasteiger charge is 2.21. The van der Waals surface area contributed by atoms with Crippen LogP contribution in [0.2, 0.25) is 0 Å². The van der Waals surface area contributed by atoms with Gasteiger partial charge in [-0.05, 0) is 32.0 Å². The van der Waals surface area contributed by atoms with Crippen molar-refractivity contribution in [2.24, 2.45) is 0 Å². The average molecular weight is 418 g/mol. The molecule has 0 aliphatic carbocycles. The number of rotatable bonds is 11. The van der Waals surface area contributed by atoms with Gasteiger partial charge in [-0.15, -0.1) is 0 Å². The normalized spacial score (nSPS) is 10.4. The van der Waals surface area contributed by atoms with E-state index in [4.69, 9.17) is 9.47 Å².